The van der Waals surface area contributed by atoms with Gasteiger partial charge in [-0.3, -0.25) is 4.90 Å². The molecule has 2 fully saturated rings. The minimum atomic E-state index is -0.335. The smallest absolute Gasteiger partial charge is 0.319 e. The second-order valence-electron chi connectivity index (χ2n) is 7.57. The molecule has 136 valence electrons. The Morgan fingerprint density at radius 1 is 1.12 bits per heavy atom. The number of hydrogen-bond donors (Lipinski definition) is 1. The first-order chi connectivity index (χ1) is 12.1. The fourth-order valence-corrected chi connectivity index (χ4v) is 4.74. The van der Waals surface area contributed by atoms with E-state index >= 15 is 0 Å². The van der Waals surface area contributed by atoms with Gasteiger partial charge in [-0.1, -0.05) is 12.1 Å². The van der Waals surface area contributed by atoms with Crippen LogP contribution in [0.2, 0.25) is 0 Å². The molecule has 1 aromatic carbocycles. The minimum absolute atomic E-state index is 0.139. The van der Waals surface area contributed by atoms with Crippen LogP contribution in [0.15, 0.2) is 24.3 Å². The molecular formula is C19H28N4O2. The Bertz CT molecular complexity index is 632. The first kappa shape index (κ1) is 16.7. The Hall–Kier alpha value is -1.79. The highest BCUT2D eigenvalue weighted by Crippen LogP contribution is 2.40. The van der Waals surface area contributed by atoms with Crippen LogP contribution in [-0.4, -0.2) is 62.9 Å². The van der Waals surface area contributed by atoms with E-state index < -0.39 is 0 Å². The molecule has 6 nitrogen and oxygen atoms in total. The Morgan fingerprint density at radius 3 is 2.48 bits per heavy atom. The van der Waals surface area contributed by atoms with Crippen molar-refractivity contribution in [3.05, 3.63) is 24.3 Å². The van der Waals surface area contributed by atoms with Gasteiger partial charge in [0.25, 0.3) is 0 Å². The maximum atomic E-state index is 12.3. The molecule has 6 heteroatoms. The van der Waals surface area contributed by atoms with Crippen molar-refractivity contribution in [3.8, 4) is 0 Å². The number of urea groups is 1. The van der Waals surface area contributed by atoms with Crippen LogP contribution in [0.1, 0.15) is 19.3 Å². The number of carbonyl (C=O) groups excluding carboxylic acids is 1. The number of carbonyl (C=O) groups is 1. The van der Waals surface area contributed by atoms with E-state index in [9.17, 15) is 4.79 Å². The van der Waals surface area contributed by atoms with Gasteiger partial charge in [-0.05, 0) is 50.9 Å². The number of primary amides is 1. The van der Waals surface area contributed by atoms with Crippen LogP contribution >= 0.6 is 0 Å². The average molecular weight is 344 g/mol. The van der Waals surface area contributed by atoms with E-state index in [4.69, 9.17) is 10.5 Å². The number of nitrogens with zero attached hydrogens (tertiary/aromatic N) is 3. The largest absolute Gasteiger partial charge is 0.381 e. The summed E-state index contributed by atoms with van der Waals surface area (Å²) in [6.07, 6.45) is 3.21. The molecule has 3 aliphatic rings. The van der Waals surface area contributed by atoms with Crippen molar-refractivity contribution >= 4 is 17.4 Å². The fourth-order valence-electron chi connectivity index (χ4n) is 4.74. The molecule has 0 spiro atoms. The molecule has 25 heavy (non-hydrogen) atoms. The van der Waals surface area contributed by atoms with Crippen LogP contribution in [0.4, 0.5) is 16.2 Å². The van der Waals surface area contributed by atoms with E-state index in [0.717, 1.165) is 63.5 Å². The van der Waals surface area contributed by atoms with Crippen molar-refractivity contribution in [2.45, 2.75) is 31.3 Å². The van der Waals surface area contributed by atoms with Crippen LogP contribution < -0.4 is 15.5 Å². The van der Waals surface area contributed by atoms with E-state index in [0.29, 0.717) is 12.0 Å². The zero-order chi connectivity index (χ0) is 17.4. The second-order valence-corrected chi connectivity index (χ2v) is 7.57. The molecule has 1 aromatic rings. The van der Waals surface area contributed by atoms with Crippen molar-refractivity contribution < 1.29 is 9.53 Å². The minimum Gasteiger partial charge on any atom is -0.381 e. The van der Waals surface area contributed by atoms with Crippen LogP contribution in [0, 0.1) is 5.92 Å². The summed E-state index contributed by atoms with van der Waals surface area (Å²) in [6.45, 7) is 4.62. The summed E-state index contributed by atoms with van der Waals surface area (Å²) in [5.74, 6) is 0.466. The predicted molar refractivity (Wildman–Crippen MR) is 99.1 cm³/mol. The van der Waals surface area contributed by atoms with Gasteiger partial charge in [-0.2, -0.15) is 0 Å². The van der Waals surface area contributed by atoms with Crippen molar-refractivity contribution in [1.29, 1.82) is 0 Å². The van der Waals surface area contributed by atoms with Crippen molar-refractivity contribution in [2.75, 3.05) is 49.7 Å². The normalized spacial score (nSPS) is 28.2. The number of benzene rings is 1. The number of likely N-dealkylation sites (tertiary alicyclic amines) is 1. The van der Waals surface area contributed by atoms with Crippen LogP contribution in [0.5, 0.6) is 0 Å². The third-order valence-corrected chi connectivity index (χ3v) is 6.01. The molecule has 3 heterocycles. The lowest BCUT2D eigenvalue weighted by molar-refractivity contribution is 0.0835. The molecule has 2 unspecified atom stereocenters. The number of anilines is 2. The third-order valence-electron chi connectivity index (χ3n) is 6.01. The lowest BCUT2D eigenvalue weighted by Gasteiger charge is -2.48. The van der Waals surface area contributed by atoms with Crippen LogP contribution in [-0.2, 0) is 4.74 Å². The molecule has 2 saturated heterocycles. The Morgan fingerprint density at radius 2 is 1.84 bits per heavy atom. The molecule has 0 aliphatic carbocycles. The predicted octanol–water partition coefficient (Wildman–Crippen LogP) is 1.89. The zero-order valence-corrected chi connectivity index (χ0v) is 14.9. The van der Waals surface area contributed by atoms with Crippen molar-refractivity contribution in [2.24, 2.45) is 11.7 Å². The second kappa shape index (κ2) is 6.84. The molecular weight excluding hydrogens is 316 g/mol. The maximum Gasteiger partial charge on any atom is 0.319 e. The summed E-state index contributed by atoms with van der Waals surface area (Å²) < 4.78 is 5.56. The molecule has 0 bridgehead atoms. The van der Waals surface area contributed by atoms with Gasteiger partial charge < -0.3 is 20.3 Å². The van der Waals surface area contributed by atoms with Gasteiger partial charge in [0.05, 0.1) is 17.4 Å². The van der Waals surface area contributed by atoms with Crippen molar-refractivity contribution in [1.82, 2.24) is 4.90 Å². The van der Waals surface area contributed by atoms with E-state index in [2.05, 4.69) is 22.9 Å². The quantitative estimate of drug-likeness (QED) is 0.890. The first-order valence-corrected chi connectivity index (χ1v) is 9.36. The molecule has 4 rings (SSSR count). The molecule has 0 radical (unpaired) electrons. The Kier molecular flexibility index (Phi) is 4.56. The number of rotatable bonds is 2. The molecule has 0 aromatic heterocycles. The average Bonchev–Trinajstić information content (AvgIpc) is 3.07. The monoisotopic (exact) mass is 344 g/mol. The number of para-hydroxylation sites is 2. The zero-order valence-electron chi connectivity index (χ0n) is 14.9. The number of fused-ring (bicyclic) bond motifs is 1. The van der Waals surface area contributed by atoms with E-state index in [1.165, 1.54) is 0 Å². The van der Waals surface area contributed by atoms with Gasteiger partial charge in [-0.25, -0.2) is 4.79 Å². The summed E-state index contributed by atoms with van der Waals surface area (Å²) in [5, 5.41) is 0. The summed E-state index contributed by atoms with van der Waals surface area (Å²) in [5.41, 5.74) is 7.93. The fraction of sp³-hybridized carbons (Fsp3) is 0.632. The molecule has 0 saturated carbocycles. The first-order valence-electron chi connectivity index (χ1n) is 9.36. The topological polar surface area (TPSA) is 62.0 Å². The molecule has 2 N–H and O–H groups in total. The van der Waals surface area contributed by atoms with Gasteiger partial charge in [0.2, 0.25) is 0 Å². The number of nitrogens with two attached hydrogens (primary N) is 1. The van der Waals surface area contributed by atoms with Crippen molar-refractivity contribution in [3.63, 3.8) is 0 Å². The van der Waals surface area contributed by atoms with E-state index in [1.54, 1.807) is 0 Å². The van der Waals surface area contributed by atoms with Gasteiger partial charge >= 0.3 is 6.03 Å². The summed E-state index contributed by atoms with van der Waals surface area (Å²) in [6, 6.07) is 8.49. The van der Waals surface area contributed by atoms with E-state index in [1.807, 2.05) is 23.1 Å². The Balaban J connectivity index is 1.71. The number of amides is 2. The number of ether oxygens (including phenoxy) is 1. The molecule has 3 aliphatic heterocycles. The lowest BCUT2D eigenvalue weighted by Crippen LogP contribution is -2.59. The Labute approximate surface area is 149 Å². The van der Waals surface area contributed by atoms with Gasteiger partial charge in [0.1, 0.15) is 0 Å². The highest BCUT2D eigenvalue weighted by atomic mass is 16.5. The van der Waals surface area contributed by atoms with E-state index in [-0.39, 0.29) is 12.1 Å². The molecule has 2 atom stereocenters. The lowest BCUT2D eigenvalue weighted by atomic mass is 9.91. The van der Waals surface area contributed by atoms with Gasteiger partial charge in [0, 0.05) is 32.3 Å². The van der Waals surface area contributed by atoms with Crippen LogP contribution in [0.25, 0.3) is 0 Å². The summed E-state index contributed by atoms with van der Waals surface area (Å²) >= 11 is 0. The summed E-state index contributed by atoms with van der Waals surface area (Å²) in [4.78, 5) is 19.1. The molecule has 2 amide bonds. The third kappa shape index (κ3) is 3.09. The van der Waals surface area contributed by atoms with Gasteiger partial charge in [-0.15, -0.1) is 0 Å². The number of hydrogen-bond acceptors (Lipinski definition) is 4. The van der Waals surface area contributed by atoms with Crippen LogP contribution in [0.3, 0.4) is 0 Å². The van der Waals surface area contributed by atoms with Gasteiger partial charge in [0.15, 0.2) is 0 Å². The highest BCUT2D eigenvalue weighted by molar-refractivity contribution is 5.96. The summed E-state index contributed by atoms with van der Waals surface area (Å²) in [7, 11) is 2.15. The SMILES string of the molecule is CN1CCC(C2CN(C3CCOCC3)c3ccccc3N2C(N)=O)C1. The maximum absolute atomic E-state index is 12.3. The highest BCUT2D eigenvalue weighted by Gasteiger charge is 2.41. The standard InChI is InChI=1S/C19H28N4O2/c1-21-9-6-14(12-21)18-13-22(15-7-10-25-11-8-15)16-4-2-3-5-17(16)23(18)19(20)24/h2-5,14-15,18H,6-13H2,1H3,(H2,20,24).